The fourth-order valence-electron chi connectivity index (χ4n) is 4.63. The van der Waals surface area contributed by atoms with Gasteiger partial charge in [0.1, 0.15) is 34.5 Å². The van der Waals surface area contributed by atoms with E-state index in [1.807, 2.05) is 109 Å². The number of para-hydroxylation sites is 3. The van der Waals surface area contributed by atoms with Crippen molar-refractivity contribution < 1.29 is 28.4 Å². The Labute approximate surface area is 269 Å². The van der Waals surface area contributed by atoms with E-state index < -0.39 is 0 Å². The van der Waals surface area contributed by atoms with Gasteiger partial charge in [-0.25, -0.2) is 0 Å². The lowest BCUT2D eigenvalue weighted by Gasteiger charge is -2.14. The van der Waals surface area contributed by atoms with Crippen LogP contribution in [0.1, 0.15) is 57.8 Å². The summed E-state index contributed by atoms with van der Waals surface area (Å²) in [7, 11) is 0. The maximum absolute atomic E-state index is 6.12. The molecule has 0 aliphatic carbocycles. The molecular weight excluding hydrogens is 564 g/mol. The molecule has 0 atom stereocenters. The first-order valence-electron chi connectivity index (χ1n) is 16.4. The van der Waals surface area contributed by atoms with Gasteiger partial charge in [-0.05, 0) is 94.2 Å². The van der Waals surface area contributed by atoms with Gasteiger partial charge >= 0.3 is 0 Å². The van der Waals surface area contributed by atoms with E-state index in [-0.39, 0.29) is 0 Å². The lowest BCUT2D eigenvalue weighted by molar-refractivity contribution is 0.263. The van der Waals surface area contributed by atoms with Crippen LogP contribution in [0, 0.1) is 0 Å². The predicted molar refractivity (Wildman–Crippen MR) is 180 cm³/mol. The summed E-state index contributed by atoms with van der Waals surface area (Å²) in [6.45, 7) is 4.04. The first-order chi connectivity index (χ1) is 22.3. The second kappa shape index (κ2) is 21.4. The topological polar surface area (TPSA) is 55.4 Å². The Balaban J connectivity index is 1.14. The normalized spacial score (nSPS) is 10.7. The lowest BCUT2D eigenvalue weighted by atomic mass is 10.2. The third-order valence-corrected chi connectivity index (χ3v) is 7.06. The summed E-state index contributed by atoms with van der Waals surface area (Å²) < 4.78 is 35.7. The van der Waals surface area contributed by atoms with Crippen LogP contribution in [-0.2, 0) is 0 Å². The molecule has 4 aromatic carbocycles. The van der Waals surface area contributed by atoms with Crippen LogP contribution in [0.2, 0.25) is 0 Å². The predicted octanol–water partition coefficient (Wildman–Crippen LogP) is 9.57. The molecule has 4 rings (SSSR count). The van der Waals surface area contributed by atoms with Gasteiger partial charge in [0, 0.05) is 18.2 Å². The number of ether oxygens (including phenoxy) is 6. The fourth-order valence-corrected chi connectivity index (χ4v) is 4.63. The zero-order valence-electron chi connectivity index (χ0n) is 26.4. The highest BCUT2D eigenvalue weighted by atomic mass is 16.5. The third-order valence-electron chi connectivity index (χ3n) is 7.06. The van der Waals surface area contributed by atoms with Crippen LogP contribution in [0.15, 0.2) is 109 Å². The minimum absolute atomic E-state index is 0.636. The Hall–Kier alpha value is -4.32. The van der Waals surface area contributed by atoms with E-state index in [1.165, 1.54) is 0 Å². The van der Waals surface area contributed by atoms with Crippen molar-refractivity contribution in [2.24, 2.45) is 0 Å². The van der Waals surface area contributed by atoms with Gasteiger partial charge < -0.3 is 28.4 Å². The number of rotatable bonds is 24. The molecule has 45 heavy (non-hydrogen) atoms. The molecule has 0 N–H and O–H groups in total. The van der Waals surface area contributed by atoms with Crippen LogP contribution >= 0.6 is 0 Å². The van der Waals surface area contributed by atoms with Crippen molar-refractivity contribution in [2.45, 2.75) is 57.8 Å². The Morgan fingerprint density at radius 2 is 0.467 bits per heavy atom. The molecule has 0 fully saturated rings. The van der Waals surface area contributed by atoms with Gasteiger partial charge in [-0.1, -0.05) is 54.6 Å². The first kappa shape index (κ1) is 33.6. The Bertz CT molecular complexity index is 1110. The molecule has 6 heteroatoms. The van der Waals surface area contributed by atoms with Crippen molar-refractivity contribution >= 4 is 0 Å². The fraction of sp³-hybridized carbons (Fsp3) is 0.385. The number of benzene rings is 4. The van der Waals surface area contributed by atoms with Gasteiger partial charge in [-0.15, -0.1) is 0 Å². The highest BCUT2D eigenvalue weighted by molar-refractivity contribution is 5.42. The minimum Gasteiger partial charge on any atom is -0.494 e. The average Bonchev–Trinajstić information content (AvgIpc) is 3.08. The average molecular weight is 613 g/mol. The van der Waals surface area contributed by atoms with Crippen molar-refractivity contribution in [3.05, 3.63) is 109 Å². The third kappa shape index (κ3) is 14.8. The molecule has 0 amide bonds. The van der Waals surface area contributed by atoms with Crippen molar-refractivity contribution in [1.29, 1.82) is 0 Å². The molecule has 0 saturated heterocycles. The number of unbranched alkanes of at least 4 members (excludes halogenated alkanes) is 6. The van der Waals surface area contributed by atoms with Gasteiger partial charge in [-0.3, -0.25) is 0 Å². The second-order valence-electron chi connectivity index (χ2n) is 10.9. The maximum atomic E-state index is 6.12. The van der Waals surface area contributed by atoms with E-state index in [2.05, 4.69) is 0 Å². The molecule has 0 spiro atoms. The minimum atomic E-state index is 0.636. The van der Waals surface area contributed by atoms with Gasteiger partial charge in [0.15, 0.2) is 0 Å². The highest BCUT2D eigenvalue weighted by Crippen LogP contribution is 2.29. The summed E-state index contributed by atoms with van der Waals surface area (Å²) in [6, 6.07) is 35.7. The van der Waals surface area contributed by atoms with E-state index in [0.717, 1.165) is 92.3 Å². The molecule has 4 aromatic rings. The van der Waals surface area contributed by atoms with Gasteiger partial charge in [0.05, 0.1) is 39.6 Å². The van der Waals surface area contributed by atoms with Crippen molar-refractivity contribution in [3.63, 3.8) is 0 Å². The zero-order chi connectivity index (χ0) is 31.0. The molecule has 0 unspecified atom stereocenters. The molecule has 6 nitrogen and oxygen atoms in total. The van der Waals surface area contributed by atoms with Crippen LogP contribution < -0.4 is 28.4 Å². The van der Waals surface area contributed by atoms with Gasteiger partial charge in [-0.2, -0.15) is 0 Å². The first-order valence-corrected chi connectivity index (χ1v) is 16.4. The Morgan fingerprint density at radius 1 is 0.244 bits per heavy atom. The van der Waals surface area contributed by atoms with Crippen LogP contribution in [-0.4, -0.2) is 39.6 Å². The van der Waals surface area contributed by atoms with Gasteiger partial charge in [0.25, 0.3) is 0 Å². The Morgan fingerprint density at radius 3 is 0.711 bits per heavy atom. The molecule has 0 heterocycles. The molecule has 0 radical (unpaired) electrons. The van der Waals surface area contributed by atoms with Crippen molar-refractivity contribution in [1.82, 2.24) is 0 Å². The smallest absolute Gasteiger partial charge is 0.126 e. The molecular formula is C39H48O6. The van der Waals surface area contributed by atoms with Crippen LogP contribution in [0.4, 0.5) is 0 Å². The molecule has 0 saturated carbocycles. The molecule has 0 aliphatic rings. The second-order valence-corrected chi connectivity index (χ2v) is 10.9. The van der Waals surface area contributed by atoms with Gasteiger partial charge in [0.2, 0.25) is 0 Å². The summed E-state index contributed by atoms with van der Waals surface area (Å²) >= 11 is 0. The van der Waals surface area contributed by atoms with Crippen LogP contribution in [0.25, 0.3) is 0 Å². The molecule has 0 aromatic heterocycles. The summed E-state index contributed by atoms with van der Waals surface area (Å²) in [5.41, 5.74) is 0. The summed E-state index contributed by atoms with van der Waals surface area (Å²) in [5.74, 6) is 5.07. The number of hydrogen-bond acceptors (Lipinski definition) is 6. The summed E-state index contributed by atoms with van der Waals surface area (Å²) in [6.07, 6.45) is 8.94. The van der Waals surface area contributed by atoms with E-state index in [1.54, 1.807) is 0 Å². The van der Waals surface area contributed by atoms with Crippen molar-refractivity contribution in [2.75, 3.05) is 39.6 Å². The number of hydrogen-bond donors (Lipinski definition) is 0. The van der Waals surface area contributed by atoms with Crippen molar-refractivity contribution in [3.8, 4) is 34.5 Å². The molecule has 0 bridgehead atoms. The quantitative estimate of drug-likeness (QED) is 0.0735. The van der Waals surface area contributed by atoms with E-state index in [4.69, 9.17) is 28.4 Å². The summed E-state index contributed by atoms with van der Waals surface area (Å²) in [4.78, 5) is 0. The largest absolute Gasteiger partial charge is 0.494 e. The monoisotopic (exact) mass is 612 g/mol. The standard InChI is InChI=1S/C39H48O6/c1-7-19-34(20-8-1)40-25-13-4-16-28-43-37-31-38(44-29-17-5-14-26-41-35-21-9-2-10-22-35)33-39(32-37)45-30-18-6-15-27-42-36-23-11-3-12-24-36/h1-3,7-12,19-24,31-33H,4-6,13-18,25-30H2. The van der Waals surface area contributed by atoms with Crippen LogP contribution in [0.5, 0.6) is 34.5 Å². The van der Waals surface area contributed by atoms with Crippen LogP contribution in [0.3, 0.4) is 0 Å². The maximum Gasteiger partial charge on any atom is 0.126 e. The lowest BCUT2D eigenvalue weighted by Crippen LogP contribution is -2.04. The molecule has 0 aliphatic heterocycles. The zero-order valence-corrected chi connectivity index (χ0v) is 26.4. The van der Waals surface area contributed by atoms with E-state index >= 15 is 0 Å². The highest BCUT2D eigenvalue weighted by Gasteiger charge is 2.06. The van der Waals surface area contributed by atoms with E-state index in [9.17, 15) is 0 Å². The Kier molecular flexibility index (Phi) is 16.0. The van der Waals surface area contributed by atoms with E-state index in [0.29, 0.717) is 39.6 Å². The SMILES string of the molecule is c1ccc(OCCCCCOc2cc(OCCCCCOc3ccccc3)cc(OCCCCCOc3ccccc3)c2)cc1. The molecule has 240 valence electrons. The summed E-state index contributed by atoms with van der Waals surface area (Å²) in [5, 5.41) is 0.